The van der Waals surface area contributed by atoms with Crippen molar-refractivity contribution < 1.29 is 9.53 Å². The number of hydrogen-bond acceptors (Lipinski definition) is 3. The maximum Gasteiger partial charge on any atom is 0.310 e. The van der Waals surface area contributed by atoms with Crippen LogP contribution >= 0.6 is 0 Å². The summed E-state index contributed by atoms with van der Waals surface area (Å²) in [6.07, 6.45) is 1.10. The number of carbonyl (C=O) groups excluding carboxylic acids is 1. The van der Waals surface area contributed by atoms with E-state index in [2.05, 4.69) is 11.8 Å². The van der Waals surface area contributed by atoms with E-state index in [1.807, 2.05) is 44.3 Å². The van der Waals surface area contributed by atoms with Crippen molar-refractivity contribution in [1.82, 2.24) is 4.90 Å². The molecule has 0 radical (unpaired) electrons. The molecule has 3 heteroatoms. The molecule has 0 aliphatic rings. The Labute approximate surface area is 110 Å². The number of hydrogen-bond donors (Lipinski definition) is 0. The fourth-order valence-corrected chi connectivity index (χ4v) is 1.89. The van der Waals surface area contributed by atoms with E-state index in [0.717, 1.165) is 25.1 Å². The summed E-state index contributed by atoms with van der Waals surface area (Å²) in [6, 6.07) is 9.76. The van der Waals surface area contributed by atoms with Crippen molar-refractivity contribution in [1.29, 1.82) is 0 Å². The monoisotopic (exact) mass is 249 g/mol. The Morgan fingerprint density at radius 2 is 2.00 bits per heavy atom. The lowest BCUT2D eigenvalue weighted by atomic mass is 10.1. The van der Waals surface area contributed by atoms with Crippen molar-refractivity contribution in [3.63, 3.8) is 0 Å². The molecule has 0 saturated heterocycles. The van der Waals surface area contributed by atoms with Crippen LogP contribution < -0.4 is 0 Å². The molecule has 1 aromatic rings. The number of benzene rings is 1. The molecule has 0 amide bonds. The highest BCUT2D eigenvalue weighted by Crippen LogP contribution is 2.06. The Bertz CT molecular complexity index is 351. The lowest BCUT2D eigenvalue weighted by Gasteiger charge is -2.19. The number of nitrogens with zero attached hydrogens (tertiary/aromatic N) is 1. The molecule has 0 saturated carbocycles. The normalized spacial score (nSPS) is 12.4. The summed E-state index contributed by atoms with van der Waals surface area (Å²) in [5, 5.41) is 0. The van der Waals surface area contributed by atoms with Gasteiger partial charge >= 0.3 is 5.97 Å². The van der Waals surface area contributed by atoms with Crippen LogP contribution in [0.2, 0.25) is 0 Å². The molecule has 3 nitrogen and oxygen atoms in total. The van der Waals surface area contributed by atoms with Gasteiger partial charge in [-0.1, -0.05) is 44.2 Å². The van der Waals surface area contributed by atoms with Crippen LogP contribution in [0.3, 0.4) is 0 Å². The molecule has 0 N–H and O–H groups in total. The van der Waals surface area contributed by atoms with Crippen LogP contribution in [-0.4, -0.2) is 31.0 Å². The minimum Gasteiger partial charge on any atom is -0.461 e. The Morgan fingerprint density at radius 3 is 2.61 bits per heavy atom. The molecule has 0 fully saturated rings. The second kappa shape index (κ2) is 7.88. The summed E-state index contributed by atoms with van der Waals surface area (Å²) in [5.41, 5.74) is 1.03. The van der Waals surface area contributed by atoms with Crippen LogP contribution in [0.4, 0.5) is 0 Å². The topological polar surface area (TPSA) is 29.5 Å². The SMILES string of the molecule is CCCN(C)CC(C)C(=O)OCc1ccccc1. The lowest BCUT2D eigenvalue weighted by molar-refractivity contribution is -0.149. The standard InChI is InChI=1S/C15H23NO2/c1-4-10-16(3)11-13(2)15(17)18-12-14-8-6-5-7-9-14/h5-9,13H,4,10-12H2,1-3H3. The van der Waals surface area contributed by atoms with Crippen molar-refractivity contribution in [2.75, 3.05) is 20.1 Å². The van der Waals surface area contributed by atoms with E-state index in [1.54, 1.807) is 0 Å². The number of esters is 1. The van der Waals surface area contributed by atoms with Gasteiger partial charge in [-0.15, -0.1) is 0 Å². The molecule has 1 atom stereocenters. The van der Waals surface area contributed by atoms with E-state index < -0.39 is 0 Å². The van der Waals surface area contributed by atoms with Crippen LogP contribution in [0.25, 0.3) is 0 Å². The molecular formula is C15H23NO2. The Kier molecular flexibility index (Phi) is 6.44. The lowest BCUT2D eigenvalue weighted by Crippen LogP contribution is -2.30. The number of ether oxygens (including phenoxy) is 1. The summed E-state index contributed by atoms with van der Waals surface area (Å²) in [6.45, 7) is 6.17. The van der Waals surface area contributed by atoms with Crippen LogP contribution in [0.5, 0.6) is 0 Å². The first kappa shape index (κ1) is 14.7. The van der Waals surface area contributed by atoms with Crippen molar-refractivity contribution in [3.8, 4) is 0 Å². The highest BCUT2D eigenvalue weighted by molar-refractivity contribution is 5.72. The van der Waals surface area contributed by atoms with Crippen LogP contribution in [0.15, 0.2) is 30.3 Å². The minimum atomic E-state index is -0.123. The van der Waals surface area contributed by atoms with E-state index in [0.29, 0.717) is 6.61 Å². The number of rotatable bonds is 7. The first-order valence-electron chi connectivity index (χ1n) is 6.52. The smallest absolute Gasteiger partial charge is 0.310 e. The van der Waals surface area contributed by atoms with Crippen molar-refractivity contribution >= 4 is 5.97 Å². The van der Waals surface area contributed by atoms with Gasteiger partial charge in [0.1, 0.15) is 6.61 Å². The maximum atomic E-state index is 11.8. The highest BCUT2D eigenvalue weighted by atomic mass is 16.5. The zero-order valence-electron chi connectivity index (χ0n) is 11.6. The van der Waals surface area contributed by atoms with Gasteiger partial charge in [-0.25, -0.2) is 0 Å². The van der Waals surface area contributed by atoms with Crippen molar-refractivity contribution in [3.05, 3.63) is 35.9 Å². The van der Waals surface area contributed by atoms with Crippen LogP contribution in [-0.2, 0) is 16.1 Å². The first-order chi connectivity index (χ1) is 8.63. The zero-order valence-corrected chi connectivity index (χ0v) is 11.6. The van der Waals surface area contributed by atoms with Gasteiger partial charge in [-0.05, 0) is 25.6 Å². The van der Waals surface area contributed by atoms with E-state index in [1.165, 1.54) is 0 Å². The first-order valence-corrected chi connectivity index (χ1v) is 6.52. The van der Waals surface area contributed by atoms with Crippen LogP contribution in [0.1, 0.15) is 25.8 Å². The Morgan fingerprint density at radius 1 is 1.33 bits per heavy atom. The van der Waals surface area contributed by atoms with Gasteiger partial charge in [0.15, 0.2) is 0 Å². The van der Waals surface area contributed by atoms with Crippen molar-refractivity contribution in [2.24, 2.45) is 5.92 Å². The third-order valence-corrected chi connectivity index (χ3v) is 2.82. The summed E-state index contributed by atoms with van der Waals surface area (Å²) in [7, 11) is 2.03. The second-order valence-electron chi connectivity index (χ2n) is 4.76. The third-order valence-electron chi connectivity index (χ3n) is 2.82. The average molecular weight is 249 g/mol. The quantitative estimate of drug-likeness (QED) is 0.696. The Hall–Kier alpha value is -1.35. The van der Waals surface area contributed by atoms with E-state index in [4.69, 9.17) is 4.74 Å². The maximum absolute atomic E-state index is 11.8. The summed E-state index contributed by atoms with van der Waals surface area (Å²) < 4.78 is 5.30. The third kappa shape index (κ3) is 5.32. The van der Waals surface area contributed by atoms with E-state index in [-0.39, 0.29) is 11.9 Å². The summed E-state index contributed by atoms with van der Waals surface area (Å²) in [4.78, 5) is 14.0. The molecule has 0 aromatic heterocycles. The molecule has 1 rings (SSSR count). The fraction of sp³-hybridized carbons (Fsp3) is 0.533. The second-order valence-corrected chi connectivity index (χ2v) is 4.76. The van der Waals surface area contributed by atoms with Gasteiger partial charge in [-0.3, -0.25) is 4.79 Å². The molecule has 0 bridgehead atoms. The molecule has 0 aliphatic heterocycles. The largest absolute Gasteiger partial charge is 0.461 e. The van der Waals surface area contributed by atoms with Gasteiger partial charge in [-0.2, -0.15) is 0 Å². The Balaban J connectivity index is 2.32. The van der Waals surface area contributed by atoms with E-state index in [9.17, 15) is 4.79 Å². The van der Waals surface area contributed by atoms with Gasteiger partial charge < -0.3 is 9.64 Å². The van der Waals surface area contributed by atoms with Gasteiger partial charge in [0.25, 0.3) is 0 Å². The molecule has 18 heavy (non-hydrogen) atoms. The predicted octanol–water partition coefficient (Wildman–Crippen LogP) is 2.71. The molecule has 100 valence electrons. The van der Waals surface area contributed by atoms with Gasteiger partial charge in [0.05, 0.1) is 5.92 Å². The summed E-state index contributed by atoms with van der Waals surface area (Å²) in [5.74, 6) is -0.202. The molecule has 1 unspecified atom stereocenters. The molecule has 0 aliphatic carbocycles. The van der Waals surface area contributed by atoms with E-state index >= 15 is 0 Å². The van der Waals surface area contributed by atoms with Crippen molar-refractivity contribution in [2.45, 2.75) is 26.9 Å². The molecular weight excluding hydrogens is 226 g/mol. The number of carbonyl (C=O) groups is 1. The summed E-state index contributed by atoms with van der Waals surface area (Å²) >= 11 is 0. The predicted molar refractivity (Wildman–Crippen MR) is 73.2 cm³/mol. The highest BCUT2D eigenvalue weighted by Gasteiger charge is 2.16. The molecule has 0 heterocycles. The van der Waals surface area contributed by atoms with Crippen LogP contribution in [0, 0.1) is 5.92 Å². The minimum absolute atomic E-state index is 0.0785. The van der Waals surface area contributed by atoms with Gasteiger partial charge in [0.2, 0.25) is 0 Å². The molecule has 0 spiro atoms. The zero-order chi connectivity index (χ0) is 13.4. The average Bonchev–Trinajstić information content (AvgIpc) is 2.37. The van der Waals surface area contributed by atoms with Gasteiger partial charge in [0, 0.05) is 6.54 Å². The molecule has 1 aromatic carbocycles. The fourth-order valence-electron chi connectivity index (χ4n) is 1.89.